The summed E-state index contributed by atoms with van der Waals surface area (Å²) in [7, 11) is 3.48. The second-order valence-corrected chi connectivity index (χ2v) is 6.26. The molecule has 1 rings (SSSR count). The first-order valence-electron chi connectivity index (χ1n) is 7.19. The van der Waals surface area contributed by atoms with E-state index in [1.54, 1.807) is 12.0 Å². The molecule has 0 fully saturated rings. The van der Waals surface area contributed by atoms with Gasteiger partial charge in [0.25, 0.3) is 0 Å². The molecule has 2 N–H and O–H groups in total. The van der Waals surface area contributed by atoms with Crippen LogP contribution in [0, 0.1) is 5.92 Å². The van der Waals surface area contributed by atoms with Crippen molar-refractivity contribution >= 4 is 21.8 Å². The van der Waals surface area contributed by atoms with Crippen LogP contribution in [0.15, 0.2) is 28.7 Å². The van der Waals surface area contributed by atoms with Crippen molar-refractivity contribution in [3.05, 3.63) is 34.3 Å². The number of nitrogens with zero attached hydrogens (tertiary/aromatic N) is 1. The average molecular weight is 357 g/mol. The van der Waals surface area contributed by atoms with Crippen LogP contribution in [-0.2, 0) is 16.0 Å². The Balaban J connectivity index is 2.81. The SMILES string of the molecule is COCCC(Cc1cccc(Br)c1)C(=O)N(C)C(C)CN. The highest BCUT2D eigenvalue weighted by Gasteiger charge is 2.24. The van der Waals surface area contributed by atoms with Gasteiger partial charge < -0.3 is 15.4 Å². The monoisotopic (exact) mass is 356 g/mol. The van der Waals surface area contributed by atoms with Gasteiger partial charge in [0, 0.05) is 43.7 Å². The van der Waals surface area contributed by atoms with Crippen molar-refractivity contribution < 1.29 is 9.53 Å². The summed E-state index contributed by atoms with van der Waals surface area (Å²) in [5.41, 5.74) is 6.80. The molecule has 0 saturated heterocycles. The molecule has 0 radical (unpaired) electrons. The van der Waals surface area contributed by atoms with E-state index in [0.717, 1.165) is 10.0 Å². The number of hydrogen-bond acceptors (Lipinski definition) is 3. The number of carbonyl (C=O) groups is 1. The zero-order valence-corrected chi connectivity index (χ0v) is 14.6. The normalized spacial score (nSPS) is 13.8. The molecule has 118 valence electrons. The first-order chi connectivity index (χ1) is 9.99. The third-order valence-corrected chi connectivity index (χ3v) is 4.23. The maximum absolute atomic E-state index is 12.6. The van der Waals surface area contributed by atoms with E-state index in [4.69, 9.17) is 10.5 Å². The Labute approximate surface area is 135 Å². The van der Waals surface area contributed by atoms with Crippen molar-refractivity contribution in [1.82, 2.24) is 4.90 Å². The molecule has 0 aliphatic heterocycles. The van der Waals surface area contributed by atoms with Crippen LogP contribution in [-0.4, -0.2) is 44.2 Å². The predicted molar refractivity (Wildman–Crippen MR) is 89.1 cm³/mol. The van der Waals surface area contributed by atoms with Gasteiger partial charge in [0.1, 0.15) is 0 Å². The van der Waals surface area contributed by atoms with E-state index >= 15 is 0 Å². The summed E-state index contributed by atoms with van der Waals surface area (Å²) in [6.45, 7) is 3.01. The molecular formula is C16H25BrN2O2. The fourth-order valence-corrected chi connectivity index (χ4v) is 2.63. The molecule has 5 heteroatoms. The number of likely N-dealkylation sites (N-methyl/N-ethyl adjacent to an activating group) is 1. The van der Waals surface area contributed by atoms with E-state index in [-0.39, 0.29) is 17.9 Å². The third-order valence-electron chi connectivity index (χ3n) is 3.74. The molecule has 1 amide bonds. The number of halogens is 1. The highest BCUT2D eigenvalue weighted by atomic mass is 79.9. The number of carbonyl (C=O) groups excluding carboxylic acids is 1. The maximum atomic E-state index is 12.6. The van der Waals surface area contributed by atoms with E-state index in [1.165, 1.54) is 0 Å². The molecule has 0 bridgehead atoms. The number of methoxy groups -OCH3 is 1. The van der Waals surface area contributed by atoms with Gasteiger partial charge in [0.2, 0.25) is 5.91 Å². The van der Waals surface area contributed by atoms with Crippen molar-refractivity contribution in [3.8, 4) is 0 Å². The van der Waals surface area contributed by atoms with Gasteiger partial charge in [-0.2, -0.15) is 0 Å². The first kappa shape index (κ1) is 18.1. The van der Waals surface area contributed by atoms with Crippen LogP contribution in [0.4, 0.5) is 0 Å². The average Bonchev–Trinajstić information content (AvgIpc) is 2.49. The second-order valence-electron chi connectivity index (χ2n) is 5.35. The van der Waals surface area contributed by atoms with Gasteiger partial charge in [-0.25, -0.2) is 0 Å². The highest BCUT2D eigenvalue weighted by molar-refractivity contribution is 9.10. The lowest BCUT2D eigenvalue weighted by Crippen LogP contribution is -2.43. The number of benzene rings is 1. The Morgan fingerprint density at radius 1 is 1.48 bits per heavy atom. The largest absolute Gasteiger partial charge is 0.385 e. The Morgan fingerprint density at radius 3 is 2.76 bits per heavy atom. The number of nitrogens with two attached hydrogens (primary N) is 1. The minimum Gasteiger partial charge on any atom is -0.385 e. The molecule has 0 aliphatic carbocycles. The van der Waals surface area contributed by atoms with Gasteiger partial charge in [-0.05, 0) is 37.5 Å². The molecule has 0 heterocycles. The molecule has 1 aromatic rings. The summed E-state index contributed by atoms with van der Waals surface area (Å²) >= 11 is 3.47. The zero-order valence-electron chi connectivity index (χ0n) is 13.0. The Kier molecular flexibility index (Phi) is 7.93. The van der Waals surface area contributed by atoms with Crippen LogP contribution in [0.25, 0.3) is 0 Å². The molecule has 4 nitrogen and oxygen atoms in total. The highest BCUT2D eigenvalue weighted by Crippen LogP contribution is 2.19. The standard InChI is InChI=1S/C16H25BrN2O2/c1-12(11-18)19(2)16(20)14(7-8-21-3)9-13-5-4-6-15(17)10-13/h4-6,10,12,14H,7-9,11,18H2,1-3H3. The summed E-state index contributed by atoms with van der Waals surface area (Å²) in [6.07, 6.45) is 1.42. The van der Waals surface area contributed by atoms with E-state index in [2.05, 4.69) is 22.0 Å². The fourth-order valence-electron chi connectivity index (χ4n) is 2.18. The van der Waals surface area contributed by atoms with Gasteiger partial charge in [-0.15, -0.1) is 0 Å². The lowest BCUT2D eigenvalue weighted by Gasteiger charge is -2.28. The molecule has 2 atom stereocenters. The number of hydrogen-bond donors (Lipinski definition) is 1. The minimum atomic E-state index is -0.0850. The van der Waals surface area contributed by atoms with Gasteiger partial charge in [0.05, 0.1) is 0 Å². The van der Waals surface area contributed by atoms with Crippen LogP contribution in [0.1, 0.15) is 18.9 Å². The van der Waals surface area contributed by atoms with Crippen molar-refractivity contribution in [2.75, 3.05) is 27.3 Å². The lowest BCUT2D eigenvalue weighted by molar-refractivity contribution is -0.136. The lowest BCUT2D eigenvalue weighted by atomic mass is 9.94. The molecule has 0 spiro atoms. The van der Waals surface area contributed by atoms with Crippen LogP contribution in [0.5, 0.6) is 0 Å². The van der Waals surface area contributed by atoms with Crippen molar-refractivity contribution in [3.63, 3.8) is 0 Å². The minimum absolute atomic E-state index is 0.0463. The van der Waals surface area contributed by atoms with Crippen molar-refractivity contribution in [1.29, 1.82) is 0 Å². The molecule has 0 aliphatic rings. The summed E-state index contributed by atoms with van der Waals surface area (Å²) in [4.78, 5) is 14.4. The summed E-state index contributed by atoms with van der Waals surface area (Å²) in [5, 5.41) is 0. The first-order valence-corrected chi connectivity index (χ1v) is 7.99. The second kappa shape index (κ2) is 9.18. The van der Waals surface area contributed by atoms with E-state index in [9.17, 15) is 4.79 Å². The molecule has 1 aromatic carbocycles. The van der Waals surface area contributed by atoms with Crippen LogP contribution in [0.2, 0.25) is 0 Å². The fraction of sp³-hybridized carbons (Fsp3) is 0.562. The smallest absolute Gasteiger partial charge is 0.226 e. The Hall–Kier alpha value is -0.910. The molecule has 0 saturated carbocycles. The van der Waals surface area contributed by atoms with Crippen LogP contribution < -0.4 is 5.73 Å². The maximum Gasteiger partial charge on any atom is 0.226 e. The summed E-state index contributed by atoms with van der Waals surface area (Å²) in [6, 6.07) is 8.12. The van der Waals surface area contributed by atoms with Crippen molar-refractivity contribution in [2.24, 2.45) is 11.7 Å². The quantitative estimate of drug-likeness (QED) is 0.778. The number of amides is 1. The van der Waals surface area contributed by atoms with E-state index in [1.807, 2.05) is 32.2 Å². The summed E-state index contributed by atoms with van der Waals surface area (Å²) in [5.74, 6) is 0.0447. The van der Waals surface area contributed by atoms with E-state index < -0.39 is 0 Å². The zero-order chi connectivity index (χ0) is 15.8. The Bertz CT molecular complexity index is 454. The predicted octanol–water partition coefficient (Wildman–Crippen LogP) is 2.45. The third kappa shape index (κ3) is 5.77. The van der Waals surface area contributed by atoms with E-state index in [0.29, 0.717) is 26.0 Å². The molecule has 0 aromatic heterocycles. The van der Waals surface area contributed by atoms with Gasteiger partial charge in [-0.1, -0.05) is 28.1 Å². The number of rotatable bonds is 8. The number of ether oxygens (including phenoxy) is 1. The van der Waals surface area contributed by atoms with Crippen LogP contribution >= 0.6 is 15.9 Å². The van der Waals surface area contributed by atoms with Gasteiger partial charge >= 0.3 is 0 Å². The topological polar surface area (TPSA) is 55.6 Å². The van der Waals surface area contributed by atoms with Gasteiger partial charge in [0.15, 0.2) is 0 Å². The molecular weight excluding hydrogens is 332 g/mol. The molecule has 21 heavy (non-hydrogen) atoms. The van der Waals surface area contributed by atoms with Gasteiger partial charge in [-0.3, -0.25) is 4.79 Å². The van der Waals surface area contributed by atoms with Crippen LogP contribution in [0.3, 0.4) is 0 Å². The summed E-state index contributed by atoms with van der Waals surface area (Å²) < 4.78 is 6.18. The Morgan fingerprint density at radius 2 is 2.19 bits per heavy atom. The molecule has 2 unspecified atom stereocenters. The van der Waals surface area contributed by atoms with Crippen molar-refractivity contribution in [2.45, 2.75) is 25.8 Å².